The van der Waals surface area contributed by atoms with Gasteiger partial charge in [0.25, 0.3) is 0 Å². The Bertz CT molecular complexity index is 381. The molecule has 0 aromatic heterocycles. The number of benzene rings is 1. The Labute approximate surface area is 92.8 Å². The molecular weight excluding hydrogens is 218 g/mol. The Morgan fingerprint density at radius 3 is 2.93 bits per heavy atom. The lowest BCUT2D eigenvalue weighted by Gasteiger charge is -2.21. The minimum absolute atomic E-state index is 0.265. The highest BCUT2D eigenvalue weighted by Gasteiger charge is 2.20. The van der Waals surface area contributed by atoms with E-state index in [1.54, 1.807) is 0 Å². The standard InChI is InChI=1S/C10H12ClNO3/c1-6-4-8-10(14-3-2-13-8)9(11)7(6)5-15-12/h4H,2-3,5,12H2,1H3. The molecule has 2 N–H and O–H groups in total. The molecule has 0 unspecified atom stereocenters. The van der Waals surface area contributed by atoms with Gasteiger partial charge >= 0.3 is 0 Å². The third-order valence-electron chi connectivity index (χ3n) is 2.33. The number of fused-ring (bicyclic) bond motifs is 1. The van der Waals surface area contributed by atoms with Crippen LogP contribution in [0.15, 0.2) is 6.07 Å². The van der Waals surface area contributed by atoms with Crippen LogP contribution in [0.25, 0.3) is 0 Å². The molecule has 0 bridgehead atoms. The van der Waals surface area contributed by atoms with Crippen molar-refractivity contribution in [2.45, 2.75) is 13.5 Å². The second-order valence-electron chi connectivity index (χ2n) is 3.32. The van der Waals surface area contributed by atoms with Crippen molar-refractivity contribution in [2.24, 2.45) is 5.90 Å². The normalized spacial score (nSPS) is 14.1. The maximum Gasteiger partial charge on any atom is 0.180 e. The summed E-state index contributed by atoms with van der Waals surface area (Å²) in [4.78, 5) is 4.60. The molecule has 4 nitrogen and oxygen atoms in total. The molecule has 0 radical (unpaired) electrons. The van der Waals surface area contributed by atoms with Crippen LogP contribution >= 0.6 is 11.6 Å². The van der Waals surface area contributed by atoms with Crippen LogP contribution in [0.2, 0.25) is 5.02 Å². The third kappa shape index (κ3) is 1.88. The number of hydrogen-bond donors (Lipinski definition) is 1. The molecule has 1 aliphatic heterocycles. The highest BCUT2D eigenvalue weighted by atomic mass is 35.5. The first-order chi connectivity index (χ1) is 7.24. The lowest BCUT2D eigenvalue weighted by Crippen LogP contribution is -2.16. The van der Waals surface area contributed by atoms with Crippen molar-refractivity contribution >= 4 is 11.6 Å². The molecule has 0 fully saturated rings. The number of aryl methyl sites for hydroxylation is 1. The summed E-state index contributed by atoms with van der Waals surface area (Å²) in [6, 6.07) is 1.88. The van der Waals surface area contributed by atoms with E-state index in [0.717, 1.165) is 11.1 Å². The maximum absolute atomic E-state index is 6.17. The van der Waals surface area contributed by atoms with Gasteiger partial charge in [0.2, 0.25) is 0 Å². The number of nitrogens with two attached hydrogens (primary N) is 1. The van der Waals surface area contributed by atoms with E-state index in [9.17, 15) is 0 Å². The van der Waals surface area contributed by atoms with Crippen LogP contribution in [0.5, 0.6) is 11.5 Å². The molecule has 1 aromatic carbocycles. The Morgan fingerprint density at radius 2 is 2.20 bits per heavy atom. The van der Waals surface area contributed by atoms with Crippen molar-refractivity contribution < 1.29 is 14.3 Å². The fourth-order valence-electron chi connectivity index (χ4n) is 1.57. The number of ether oxygens (including phenoxy) is 2. The fourth-order valence-corrected chi connectivity index (χ4v) is 1.92. The molecule has 0 atom stereocenters. The van der Waals surface area contributed by atoms with Crippen LogP contribution in [-0.4, -0.2) is 13.2 Å². The number of rotatable bonds is 2. The van der Waals surface area contributed by atoms with Gasteiger partial charge in [-0.25, -0.2) is 5.90 Å². The van der Waals surface area contributed by atoms with Crippen molar-refractivity contribution in [2.75, 3.05) is 13.2 Å². The van der Waals surface area contributed by atoms with E-state index in [2.05, 4.69) is 4.84 Å². The molecule has 2 rings (SSSR count). The molecular formula is C10H12ClNO3. The van der Waals surface area contributed by atoms with Gasteiger partial charge < -0.3 is 9.47 Å². The smallest absolute Gasteiger partial charge is 0.180 e. The SMILES string of the molecule is Cc1cc2c(c(Cl)c1CON)OCCO2. The zero-order valence-corrected chi connectivity index (χ0v) is 9.13. The van der Waals surface area contributed by atoms with E-state index >= 15 is 0 Å². The van der Waals surface area contributed by atoms with E-state index < -0.39 is 0 Å². The van der Waals surface area contributed by atoms with Crippen LogP contribution < -0.4 is 15.4 Å². The first-order valence-corrected chi connectivity index (χ1v) is 5.01. The molecule has 0 saturated carbocycles. The van der Waals surface area contributed by atoms with Gasteiger partial charge in [-0.2, -0.15) is 0 Å². The summed E-state index contributed by atoms with van der Waals surface area (Å²) in [5, 5.41) is 0.523. The molecule has 5 heteroatoms. The quantitative estimate of drug-likeness (QED) is 0.786. The predicted molar refractivity (Wildman–Crippen MR) is 56.2 cm³/mol. The van der Waals surface area contributed by atoms with Crippen LogP contribution in [0.1, 0.15) is 11.1 Å². The Balaban J connectivity index is 2.49. The number of halogens is 1. The Morgan fingerprint density at radius 1 is 1.47 bits per heavy atom. The number of hydrogen-bond acceptors (Lipinski definition) is 4. The molecule has 0 spiro atoms. The van der Waals surface area contributed by atoms with Crippen molar-refractivity contribution in [3.63, 3.8) is 0 Å². The third-order valence-corrected chi connectivity index (χ3v) is 2.73. The molecule has 0 saturated heterocycles. The summed E-state index contributed by atoms with van der Waals surface area (Å²) < 4.78 is 10.9. The lowest BCUT2D eigenvalue weighted by atomic mass is 10.1. The van der Waals surface area contributed by atoms with Gasteiger partial charge in [-0.15, -0.1) is 0 Å². The van der Waals surface area contributed by atoms with E-state index in [-0.39, 0.29) is 6.61 Å². The first-order valence-electron chi connectivity index (χ1n) is 4.63. The molecule has 1 heterocycles. The van der Waals surface area contributed by atoms with Crippen molar-refractivity contribution in [3.05, 3.63) is 22.2 Å². The minimum Gasteiger partial charge on any atom is -0.486 e. The second kappa shape index (κ2) is 4.26. The van der Waals surface area contributed by atoms with Gasteiger partial charge in [-0.1, -0.05) is 11.6 Å². The van der Waals surface area contributed by atoms with Gasteiger partial charge in [-0.05, 0) is 18.6 Å². The fraction of sp³-hybridized carbons (Fsp3) is 0.400. The summed E-state index contributed by atoms with van der Waals surface area (Å²) >= 11 is 6.17. The molecule has 82 valence electrons. The Hall–Kier alpha value is -0.970. The topological polar surface area (TPSA) is 53.7 Å². The van der Waals surface area contributed by atoms with Gasteiger partial charge in [0.1, 0.15) is 13.2 Å². The molecule has 0 aliphatic carbocycles. The van der Waals surface area contributed by atoms with Crippen molar-refractivity contribution in [1.29, 1.82) is 0 Å². The van der Waals surface area contributed by atoms with E-state index in [1.165, 1.54) is 0 Å². The summed E-state index contributed by atoms with van der Waals surface area (Å²) in [6.07, 6.45) is 0. The monoisotopic (exact) mass is 229 g/mol. The molecule has 15 heavy (non-hydrogen) atoms. The highest BCUT2D eigenvalue weighted by molar-refractivity contribution is 6.33. The largest absolute Gasteiger partial charge is 0.486 e. The van der Waals surface area contributed by atoms with Gasteiger partial charge in [0, 0.05) is 5.56 Å². The van der Waals surface area contributed by atoms with Gasteiger partial charge in [0.05, 0.1) is 11.6 Å². The van der Waals surface area contributed by atoms with Crippen molar-refractivity contribution in [1.82, 2.24) is 0 Å². The summed E-state index contributed by atoms with van der Waals surface area (Å²) in [7, 11) is 0. The molecule has 0 amide bonds. The summed E-state index contributed by atoms with van der Waals surface area (Å²) in [5.41, 5.74) is 1.82. The predicted octanol–water partition coefficient (Wildman–Crippen LogP) is 1.81. The Kier molecular flexibility index (Phi) is 3.00. The second-order valence-corrected chi connectivity index (χ2v) is 3.70. The van der Waals surface area contributed by atoms with E-state index in [1.807, 2.05) is 13.0 Å². The molecule has 1 aromatic rings. The maximum atomic E-state index is 6.17. The highest BCUT2D eigenvalue weighted by Crippen LogP contribution is 2.41. The van der Waals surface area contributed by atoms with Crippen LogP contribution in [-0.2, 0) is 11.4 Å². The zero-order chi connectivity index (χ0) is 10.8. The minimum atomic E-state index is 0.265. The van der Waals surface area contributed by atoms with E-state index in [0.29, 0.717) is 29.7 Å². The van der Waals surface area contributed by atoms with Crippen LogP contribution in [0.4, 0.5) is 0 Å². The van der Waals surface area contributed by atoms with Gasteiger partial charge in [0.15, 0.2) is 11.5 Å². The first kappa shape index (κ1) is 10.5. The van der Waals surface area contributed by atoms with Gasteiger partial charge in [-0.3, -0.25) is 4.84 Å². The van der Waals surface area contributed by atoms with Crippen molar-refractivity contribution in [3.8, 4) is 11.5 Å². The summed E-state index contributed by atoms with van der Waals surface area (Å²) in [5.74, 6) is 6.31. The molecule has 1 aliphatic rings. The summed E-state index contributed by atoms with van der Waals surface area (Å²) in [6.45, 7) is 3.26. The average molecular weight is 230 g/mol. The zero-order valence-electron chi connectivity index (χ0n) is 8.38. The average Bonchev–Trinajstić information content (AvgIpc) is 2.24. The van der Waals surface area contributed by atoms with Crippen LogP contribution in [0, 0.1) is 6.92 Å². The van der Waals surface area contributed by atoms with E-state index in [4.69, 9.17) is 27.0 Å². The lowest BCUT2D eigenvalue weighted by molar-refractivity contribution is 0.122. The van der Waals surface area contributed by atoms with Crippen LogP contribution in [0.3, 0.4) is 0 Å².